The lowest BCUT2D eigenvalue weighted by Gasteiger charge is -2.04. The number of nitrogens with zero attached hydrogens (tertiary/aromatic N) is 2. The fraction of sp³-hybridized carbons (Fsp3) is 0.111. The Kier molecular flexibility index (Phi) is 1.93. The van der Waals surface area contributed by atoms with Gasteiger partial charge < -0.3 is 5.73 Å². The van der Waals surface area contributed by atoms with Crippen LogP contribution >= 0.6 is 11.6 Å². The van der Waals surface area contributed by atoms with E-state index in [4.69, 9.17) is 17.3 Å². The molecule has 2 N–H and O–H groups in total. The highest BCUT2D eigenvalue weighted by Gasteiger charge is 2.07. The number of fused-ring (bicyclic) bond motifs is 1. The molecule has 0 aliphatic heterocycles. The predicted molar refractivity (Wildman–Crippen MR) is 56.4 cm³/mol. The maximum absolute atomic E-state index is 11.7. The molecule has 0 spiro atoms. The van der Waals surface area contributed by atoms with Crippen LogP contribution in [0.1, 0.15) is 0 Å². The summed E-state index contributed by atoms with van der Waals surface area (Å²) in [7, 11) is 1.56. The van der Waals surface area contributed by atoms with Crippen molar-refractivity contribution in [3.63, 3.8) is 0 Å². The standard InChI is InChI=1S/C9H8ClN3O/c1-13-8(14)7-5(10)3-2-4-6(7)12-9(13)11/h2-4H,1H3,(H2,11,12). The van der Waals surface area contributed by atoms with E-state index >= 15 is 0 Å². The number of nitrogens with two attached hydrogens (primary N) is 1. The van der Waals surface area contributed by atoms with E-state index in [1.807, 2.05) is 0 Å². The van der Waals surface area contributed by atoms with Crippen LogP contribution in [0.5, 0.6) is 0 Å². The highest BCUT2D eigenvalue weighted by molar-refractivity contribution is 6.35. The van der Waals surface area contributed by atoms with E-state index in [1.54, 1.807) is 25.2 Å². The minimum absolute atomic E-state index is 0.185. The fourth-order valence-electron chi connectivity index (χ4n) is 1.29. The number of halogens is 1. The number of benzene rings is 1. The molecule has 0 unspecified atom stereocenters. The summed E-state index contributed by atoms with van der Waals surface area (Å²) in [5.41, 5.74) is 5.85. The second-order valence-electron chi connectivity index (χ2n) is 2.97. The Labute approximate surface area is 84.9 Å². The van der Waals surface area contributed by atoms with Crippen LogP contribution in [0.15, 0.2) is 23.0 Å². The summed E-state index contributed by atoms with van der Waals surface area (Å²) >= 11 is 5.89. The summed E-state index contributed by atoms with van der Waals surface area (Å²) < 4.78 is 1.27. The monoisotopic (exact) mass is 209 g/mol. The van der Waals surface area contributed by atoms with Crippen LogP contribution in [-0.4, -0.2) is 9.55 Å². The van der Waals surface area contributed by atoms with Gasteiger partial charge >= 0.3 is 0 Å². The van der Waals surface area contributed by atoms with Crippen LogP contribution in [0.3, 0.4) is 0 Å². The molecule has 0 saturated carbocycles. The van der Waals surface area contributed by atoms with Gasteiger partial charge in [0.15, 0.2) is 0 Å². The van der Waals surface area contributed by atoms with Gasteiger partial charge in [-0.3, -0.25) is 9.36 Å². The van der Waals surface area contributed by atoms with Gasteiger partial charge in [-0.1, -0.05) is 17.7 Å². The molecule has 0 atom stereocenters. The molecular formula is C9H8ClN3O. The molecule has 1 heterocycles. The van der Waals surface area contributed by atoms with Crippen molar-refractivity contribution in [1.82, 2.24) is 9.55 Å². The van der Waals surface area contributed by atoms with Crippen molar-refractivity contribution in [2.24, 2.45) is 7.05 Å². The van der Waals surface area contributed by atoms with E-state index < -0.39 is 0 Å². The lowest BCUT2D eigenvalue weighted by molar-refractivity contribution is 0.861. The summed E-state index contributed by atoms with van der Waals surface area (Å²) in [4.78, 5) is 15.8. The van der Waals surface area contributed by atoms with Crippen molar-refractivity contribution in [1.29, 1.82) is 0 Å². The molecule has 0 fully saturated rings. The van der Waals surface area contributed by atoms with Crippen molar-refractivity contribution in [3.05, 3.63) is 33.6 Å². The number of rotatable bonds is 0. The van der Waals surface area contributed by atoms with E-state index in [2.05, 4.69) is 4.98 Å². The van der Waals surface area contributed by atoms with Crippen molar-refractivity contribution in [3.8, 4) is 0 Å². The Bertz CT molecular complexity index is 562. The lowest BCUT2D eigenvalue weighted by Crippen LogP contribution is -2.21. The second kappa shape index (κ2) is 2.99. The average molecular weight is 210 g/mol. The van der Waals surface area contributed by atoms with Crippen LogP contribution in [0, 0.1) is 0 Å². The zero-order chi connectivity index (χ0) is 10.3. The van der Waals surface area contributed by atoms with Gasteiger partial charge in [0.25, 0.3) is 5.56 Å². The van der Waals surface area contributed by atoms with Crippen LogP contribution in [-0.2, 0) is 7.05 Å². The van der Waals surface area contributed by atoms with Crippen molar-refractivity contribution in [2.75, 3.05) is 5.73 Å². The van der Waals surface area contributed by atoms with E-state index in [1.165, 1.54) is 4.57 Å². The molecule has 0 radical (unpaired) electrons. The topological polar surface area (TPSA) is 60.9 Å². The summed E-state index contributed by atoms with van der Waals surface area (Å²) in [5.74, 6) is 0.185. The van der Waals surface area contributed by atoms with Crippen LogP contribution in [0.25, 0.3) is 10.9 Å². The molecule has 4 nitrogen and oxygen atoms in total. The first kappa shape index (κ1) is 9.02. The van der Waals surface area contributed by atoms with E-state index in [0.29, 0.717) is 15.9 Å². The number of hydrogen-bond donors (Lipinski definition) is 1. The highest BCUT2D eigenvalue weighted by atomic mass is 35.5. The van der Waals surface area contributed by atoms with Gasteiger partial charge in [-0.15, -0.1) is 0 Å². The van der Waals surface area contributed by atoms with Gasteiger partial charge in [0.05, 0.1) is 15.9 Å². The summed E-state index contributed by atoms with van der Waals surface area (Å²) in [5, 5.41) is 0.807. The molecule has 0 aliphatic rings. The third-order valence-electron chi connectivity index (χ3n) is 2.09. The first-order valence-corrected chi connectivity index (χ1v) is 4.40. The van der Waals surface area contributed by atoms with Crippen molar-refractivity contribution < 1.29 is 0 Å². The normalized spacial score (nSPS) is 10.7. The zero-order valence-corrected chi connectivity index (χ0v) is 8.25. The van der Waals surface area contributed by atoms with Crippen LogP contribution in [0.2, 0.25) is 5.02 Å². The van der Waals surface area contributed by atoms with Gasteiger partial charge in [0.1, 0.15) is 0 Å². The van der Waals surface area contributed by atoms with Gasteiger partial charge in [-0.2, -0.15) is 0 Å². The molecule has 1 aromatic carbocycles. The SMILES string of the molecule is Cn1c(N)nc2cccc(Cl)c2c1=O. The molecule has 1 aromatic heterocycles. The molecule has 0 bridgehead atoms. The van der Waals surface area contributed by atoms with Crippen LogP contribution < -0.4 is 11.3 Å². The Hall–Kier alpha value is -1.55. The van der Waals surface area contributed by atoms with Gasteiger partial charge in [0.2, 0.25) is 5.95 Å². The number of nitrogen functional groups attached to an aromatic ring is 1. The third-order valence-corrected chi connectivity index (χ3v) is 2.40. The number of hydrogen-bond acceptors (Lipinski definition) is 3. The average Bonchev–Trinajstić information content (AvgIpc) is 2.14. The lowest BCUT2D eigenvalue weighted by atomic mass is 10.2. The Morgan fingerprint density at radius 2 is 2.21 bits per heavy atom. The molecule has 72 valence electrons. The Morgan fingerprint density at radius 1 is 1.50 bits per heavy atom. The maximum atomic E-state index is 11.7. The van der Waals surface area contributed by atoms with E-state index in [9.17, 15) is 4.79 Å². The molecule has 0 saturated heterocycles. The number of aromatic nitrogens is 2. The van der Waals surface area contributed by atoms with Crippen LogP contribution in [0.4, 0.5) is 5.95 Å². The molecule has 5 heteroatoms. The quantitative estimate of drug-likeness (QED) is 0.709. The largest absolute Gasteiger partial charge is 0.369 e. The summed E-state index contributed by atoms with van der Waals surface area (Å²) in [6.07, 6.45) is 0. The van der Waals surface area contributed by atoms with Gasteiger partial charge in [0, 0.05) is 7.05 Å². The fourth-order valence-corrected chi connectivity index (χ4v) is 1.54. The molecule has 0 aliphatic carbocycles. The summed E-state index contributed by atoms with van der Waals surface area (Å²) in [6, 6.07) is 5.10. The molecule has 14 heavy (non-hydrogen) atoms. The Balaban J connectivity index is 3.07. The van der Waals surface area contributed by atoms with Gasteiger partial charge in [-0.25, -0.2) is 4.98 Å². The first-order valence-electron chi connectivity index (χ1n) is 4.02. The second-order valence-corrected chi connectivity index (χ2v) is 3.38. The molecule has 2 rings (SSSR count). The van der Waals surface area contributed by atoms with Crippen molar-refractivity contribution >= 4 is 28.5 Å². The minimum Gasteiger partial charge on any atom is -0.369 e. The maximum Gasteiger partial charge on any atom is 0.264 e. The highest BCUT2D eigenvalue weighted by Crippen LogP contribution is 2.18. The smallest absolute Gasteiger partial charge is 0.264 e. The Morgan fingerprint density at radius 3 is 2.93 bits per heavy atom. The van der Waals surface area contributed by atoms with Crippen molar-refractivity contribution in [2.45, 2.75) is 0 Å². The summed E-state index contributed by atoms with van der Waals surface area (Å²) in [6.45, 7) is 0. The van der Waals surface area contributed by atoms with E-state index in [0.717, 1.165) is 0 Å². The first-order chi connectivity index (χ1) is 6.61. The predicted octanol–water partition coefficient (Wildman–Crippen LogP) is 1.17. The van der Waals surface area contributed by atoms with E-state index in [-0.39, 0.29) is 11.5 Å². The number of anilines is 1. The molecule has 0 amide bonds. The minimum atomic E-state index is -0.224. The molecular weight excluding hydrogens is 202 g/mol. The third kappa shape index (κ3) is 1.15. The molecule has 2 aromatic rings. The van der Waals surface area contributed by atoms with Gasteiger partial charge in [-0.05, 0) is 12.1 Å². The zero-order valence-electron chi connectivity index (χ0n) is 7.49.